The van der Waals surface area contributed by atoms with Crippen LogP contribution in [0.25, 0.3) is 0 Å². The number of piperidine rings is 1. The van der Waals surface area contributed by atoms with Crippen molar-refractivity contribution >= 4 is 35.9 Å². The molecule has 1 unspecified atom stereocenters. The molecule has 1 N–H and O–H groups in total. The molecule has 0 aromatic carbocycles. The van der Waals surface area contributed by atoms with E-state index in [9.17, 15) is 4.79 Å². The van der Waals surface area contributed by atoms with Crippen LogP contribution in [0.1, 0.15) is 71.1 Å². The minimum atomic E-state index is -0.115. The lowest BCUT2D eigenvalue weighted by molar-refractivity contribution is -0.140. The summed E-state index contributed by atoms with van der Waals surface area (Å²) in [4.78, 5) is 18.3. The molecule has 2 fully saturated rings. The Kier molecular flexibility index (Phi) is 15.5. The topological polar surface area (TPSA) is 72.4 Å². The van der Waals surface area contributed by atoms with Gasteiger partial charge in [-0.1, -0.05) is 12.8 Å². The number of unbranched alkanes of at least 4 members (excludes halogenated alkanes) is 3. The van der Waals surface area contributed by atoms with Crippen molar-refractivity contribution in [3.63, 3.8) is 0 Å². The summed E-state index contributed by atoms with van der Waals surface area (Å²) in [6.07, 6.45) is 10.9. The first kappa shape index (κ1) is 27.4. The summed E-state index contributed by atoms with van der Waals surface area (Å²) in [6, 6.07) is 0. The van der Waals surface area contributed by atoms with E-state index in [2.05, 4.69) is 21.9 Å². The SMILES string of the molecule is CCNC(=NCCCCCCC(=O)OC)N1CCC(OCC2CCCCO2)CC1.I. The Labute approximate surface area is 199 Å². The number of methoxy groups -OCH3 is 1. The molecule has 176 valence electrons. The molecule has 8 heteroatoms. The van der Waals surface area contributed by atoms with Gasteiger partial charge in [-0.3, -0.25) is 9.79 Å². The van der Waals surface area contributed by atoms with Gasteiger partial charge in [-0.25, -0.2) is 0 Å². The van der Waals surface area contributed by atoms with Crippen LogP contribution in [0, 0.1) is 0 Å². The fourth-order valence-electron chi connectivity index (χ4n) is 3.86. The molecule has 0 spiro atoms. The predicted molar refractivity (Wildman–Crippen MR) is 131 cm³/mol. The van der Waals surface area contributed by atoms with Crippen LogP contribution in [-0.2, 0) is 19.0 Å². The minimum Gasteiger partial charge on any atom is -0.469 e. The van der Waals surface area contributed by atoms with Crippen molar-refractivity contribution < 1.29 is 19.0 Å². The molecule has 2 aliphatic heterocycles. The molecule has 0 aromatic heterocycles. The molecule has 0 aliphatic carbocycles. The first-order valence-electron chi connectivity index (χ1n) is 11.6. The van der Waals surface area contributed by atoms with Crippen molar-refractivity contribution in [2.45, 2.75) is 83.3 Å². The monoisotopic (exact) mass is 539 g/mol. The van der Waals surface area contributed by atoms with Gasteiger partial charge in [0.05, 0.1) is 25.9 Å². The van der Waals surface area contributed by atoms with E-state index >= 15 is 0 Å². The Morgan fingerprint density at radius 1 is 1.13 bits per heavy atom. The van der Waals surface area contributed by atoms with Crippen LogP contribution in [0.5, 0.6) is 0 Å². The van der Waals surface area contributed by atoms with E-state index in [1.165, 1.54) is 20.0 Å². The number of aliphatic imine (C=N–C) groups is 1. The summed E-state index contributed by atoms with van der Waals surface area (Å²) in [6.45, 7) is 7.43. The highest BCUT2D eigenvalue weighted by Gasteiger charge is 2.23. The van der Waals surface area contributed by atoms with Gasteiger partial charge in [0.15, 0.2) is 5.96 Å². The van der Waals surface area contributed by atoms with Gasteiger partial charge in [0, 0.05) is 39.2 Å². The summed E-state index contributed by atoms with van der Waals surface area (Å²) in [5.74, 6) is 0.909. The highest BCUT2D eigenvalue weighted by atomic mass is 127. The van der Waals surface area contributed by atoms with Gasteiger partial charge >= 0.3 is 5.97 Å². The maximum atomic E-state index is 11.1. The van der Waals surface area contributed by atoms with Crippen molar-refractivity contribution in [2.75, 3.05) is 46.5 Å². The third-order valence-corrected chi connectivity index (χ3v) is 5.65. The van der Waals surface area contributed by atoms with Crippen molar-refractivity contribution in [3.05, 3.63) is 0 Å². The quantitative estimate of drug-likeness (QED) is 0.142. The van der Waals surface area contributed by atoms with Crippen LogP contribution in [0.4, 0.5) is 0 Å². The number of guanidine groups is 1. The molecule has 0 bridgehead atoms. The maximum Gasteiger partial charge on any atom is 0.305 e. The van der Waals surface area contributed by atoms with Crippen molar-refractivity contribution in [1.82, 2.24) is 10.2 Å². The normalized spacial score (nSPS) is 20.5. The fraction of sp³-hybridized carbons (Fsp3) is 0.909. The number of ether oxygens (including phenoxy) is 3. The summed E-state index contributed by atoms with van der Waals surface area (Å²) in [5.41, 5.74) is 0. The largest absolute Gasteiger partial charge is 0.469 e. The molecule has 0 aromatic rings. The molecule has 0 amide bonds. The van der Waals surface area contributed by atoms with E-state index in [0.717, 1.165) is 90.3 Å². The van der Waals surface area contributed by atoms with Crippen LogP contribution in [0.3, 0.4) is 0 Å². The molecular formula is C22H42IN3O4. The van der Waals surface area contributed by atoms with Crippen LogP contribution in [-0.4, -0.2) is 75.5 Å². The second-order valence-electron chi connectivity index (χ2n) is 7.98. The lowest BCUT2D eigenvalue weighted by Gasteiger charge is -2.35. The highest BCUT2D eigenvalue weighted by molar-refractivity contribution is 14.0. The Morgan fingerprint density at radius 2 is 1.90 bits per heavy atom. The van der Waals surface area contributed by atoms with E-state index in [4.69, 9.17) is 14.5 Å². The molecule has 2 aliphatic rings. The zero-order chi connectivity index (χ0) is 20.7. The third kappa shape index (κ3) is 11.1. The zero-order valence-electron chi connectivity index (χ0n) is 18.9. The molecular weight excluding hydrogens is 497 g/mol. The number of nitrogens with one attached hydrogen (secondary N) is 1. The third-order valence-electron chi connectivity index (χ3n) is 5.65. The average Bonchev–Trinajstić information content (AvgIpc) is 2.77. The average molecular weight is 539 g/mol. The Balaban J connectivity index is 0.00000450. The van der Waals surface area contributed by atoms with Gasteiger partial charge in [-0.05, 0) is 51.9 Å². The van der Waals surface area contributed by atoms with Gasteiger partial charge in [-0.2, -0.15) is 0 Å². The van der Waals surface area contributed by atoms with Gasteiger partial charge in [0.25, 0.3) is 0 Å². The van der Waals surface area contributed by atoms with Gasteiger partial charge in [0.1, 0.15) is 0 Å². The van der Waals surface area contributed by atoms with E-state index in [-0.39, 0.29) is 29.9 Å². The lowest BCUT2D eigenvalue weighted by Crippen LogP contribution is -2.47. The Morgan fingerprint density at radius 3 is 2.57 bits per heavy atom. The van der Waals surface area contributed by atoms with Crippen molar-refractivity contribution in [1.29, 1.82) is 0 Å². The maximum absolute atomic E-state index is 11.1. The van der Waals surface area contributed by atoms with Gasteiger partial charge in [-0.15, -0.1) is 24.0 Å². The second-order valence-corrected chi connectivity index (χ2v) is 7.98. The first-order valence-corrected chi connectivity index (χ1v) is 11.6. The number of hydrogen-bond acceptors (Lipinski definition) is 5. The van der Waals surface area contributed by atoms with Crippen LogP contribution >= 0.6 is 24.0 Å². The Hall–Kier alpha value is -0.610. The van der Waals surface area contributed by atoms with Crippen LogP contribution < -0.4 is 5.32 Å². The standard InChI is InChI=1S/C22H41N3O4.HI/c1-3-23-22(24-14-8-5-4-6-11-21(26)27-2)25-15-12-19(13-16-25)29-18-20-10-7-9-17-28-20;/h19-20H,3-18H2,1-2H3,(H,23,24);1H. The zero-order valence-corrected chi connectivity index (χ0v) is 21.2. The molecule has 2 rings (SSSR count). The van der Waals surface area contributed by atoms with E-state index < -0.39 is 0 Å². The van der Waals surface area contributed by atoms with E-state index in [1.54, 1.807) is 0 Å². The number of carbonyl (C=O) groups excluding carboxylic acids is 1. The molecule has 30 heavy (non-hydrogen) atoms. The summed E-state index contributed by atoms with van der Waals surface area (Å²) in [5, 5.41) is 3.43. The number of nitrogens with zero attached hydrogens (tertiary/aromatic N) is 2. The summed E-state index contributed by atoms with van der Waals surface area (Å²) >= 11 is 0. The number of carbonyl (C=O) groups is 1. The van der Waals surface area contributed by atoms with E-state index in [0.29, 0.717) is 18.6 Å². The van der Waals surface area contributed by atoms with Gasteiger partial charge in [0.2, 0.25) is 0 Å². The van der Waals surface area contributed by atoms with E-state index in [1.807, 2.05) is 0 Å². The lowest BCUT2D eigenvalue weighted by atomic mass is 10.1. The number of likely N-dealkylation sites (tertiary alicyclic amines) is 1. The number of hydrogen-bond donors (Lipinski definition) is 1. The number of esters is 1. The minimum absolute atomic E-state index is 0. The fourth-order valence-corrected chi connectivity index (χ4v) is 3.86. The molecule has 1 atom stereocenters. The molecule has 0 radical (unpaired) electrons. The predicted octanol–water partition coefficient (Wildman–Crippen LogP) is 3.74. The molecule has 2 heterocycles. The summed E-state index contributed by atoms with van der Waals surface area (Å²) in [7, 11) is 1.44. The smallest absolute Gasteiger partial charge is 0.305 e. The number of halogens is 1. The van der Waals surface area contributed by atoms with Crippen molar-refractivity contribution in [2.24, 2.45) is 4.99 Å². The number of rotatable bonds is 11. The second kappa shape index (κ2) is 17.0. The summed E-state index contributed by atoms with van der Waals surface area (Å²) < 4.78 is 16.6. The van der Waals surface area contributed by atoms with Crippen LogP contribution in [0.2, 0.25) is 0 Å². The molecule has 2 saturated heterocycles. The highest BCUT2D eigenvalue weighted by Crippen LogP contribution is 2.18. The van der Waals surface area contributed by atoms with Crippen LogP contribution in [0.15, 0.2) is 4.99 Å². The molecule has 7 nitrogen and oxygen atoms in total. The van der Waals surface area contributed by atoms with Crippen molar-refractivity contribution in [3.8, 4) is 0 Å². The molecule has 0 saturated carbocycles. The first-order chi connectivity index (χ1) is 14.2. The van der Waals surface area contributed by atoms with Gasteiger partial charge < -0.3 is 24.4 Å². The Bertz CT molecular complexity index is 479.